The van der Waals surface area contributed by atoms with Gasteiger partial charge in [-0.1, -0.05) is 35.9 Å². The van der Waals surface area contributed by atoms with Crippen LogP contribution in [0.25, 0.3) is 0 Å². The highest BCUT2D eigenvalue weighted by molar-refractivity contribution is 7.99. The molecular weight excluding hydrogens is 454 g/mol. The lowest BCUT2D eigenvalue weighted by Gasteiger charge is -2.29. The van der Waals surface area contributed by atoms with E-state index in [1.165, 1.54) is 29.0 Å². The van der Waals surface area contributed by atoms with Crippen LogP contribution in [0.2, 0.25) is 5.02 Å². The first-order valence-electron chi connectivity index (χ1n) is 11.7. The average molecular weight is 484 g/mol. The SMILES string of the molecule is Clc1ccc(CC[C@]2(Cn3ccnc3)OC[C@@H](CSc3ccccc3N3CCCC3)O2)cc1. The maximum absolute atomic E-state index is 6.62. The third-order valence-electron chi connectivity index (χ3n) is 6.34. The Morgan fingerprint density at radius 3 is 2.70 bits per heavy atom. The average Bonchev–Trinajstić information content (AvgIpc) is 3.61. The van der Waals surface area contributed by atoms with Crippen molar-refractivity contribution in [3.63, 3.8) is 0 Å². The molecule has 0 radical (unpaired) electrons. The molecule has 33 heavy (non-hydrogen) atoms. The Morgan fingerprint density at radius 2 is 1.91 bits per heavy atom. The number of ether oxygens (including phenoxy) is 2. The van der Waals surface area contributed by atoms with Crippen molar-refractivity contribution in [2.45, 2.75) is 49.0 Å². The van der Waals surface area contributed by atoms with Crippen LogP contribution in [0.5, 0.6) is 0 Å². The van der Waals surface area contributed by atoms with Crippen LogP contribution in [0.4, 0.5) is 5.69 Å². The molecule has 0 N–H and O–H groups in total. The van der Waals surface area contributed by atoms with Crippen LogP contribution >= 0.6 is 23.4 Å². The van der Waals surface area contributed by atoms with E-state index in [1.807, 2.05) is 41.0 Å². The lowest BCUT2D eigenvalue weighted by atomic mass is 10.0. The molecular formula is C26H30ClN3O2S. The number of aromatic nitrogens is 2. The Morgan fingerprint density at radius 1 is 1.09 bits per heavy atom. The van der Waals surface area contributed by atoms with Gasteiger partial charge >= 0.3 is 0 Å². The van der Waals surface area contributed by atoms with Crippen LogP contribution in [0.15, 0.2) is 72.1 Å². The first kappa shape index (κ1) is 22.8. The molecule has 0 spiro atoms. The molecule has 2 saturated heterocycles. The first-order chi connectivity index (χ1) is 16.2. The van der Waals surface area contributed by atoms with Gasteiger partial charge in [-0.15, -0.1) is 11.8 Å². The predicted octanol–water partition coefficient (Wildman–Crippen LogP) is 5.67. The van der Waals surface area contributed by atoms with Gasteiger partial charge in [0.15, 0.2) is 5.79 Å². The van der Waals surface area contributed by atoms with Gasteiger partial charge in [0, 0.05) is 47.6 Å². The third-order valence-corrected chi connectivity index (χ3v) is 7.79. The Balaban J connectivity index is 1.24. The van der Waals surface area contributed by atoms with Gasteiger partial charge in [-0.3, -0.25) is 0 Å². The number of hydrogen-bond donors (Lipinski definition) is 0. The summed E-state index contributed by atoms with van der Waals surface area (Å²) in [6.07, 6.45) is 9.84. The summed E-state index contributed by atoms with van der Waals surface area (Å²) >= 11 is 7.93. The zero-order valence-electron chi connectivity index (χ0n) is 18.7. The predicted molar refractivity (Wildman–Crippen MR) is 134 cm³/mol. The van der Waals surface area contributed by atoms with Crippen LogP contribution in [-0.2, 0) is 22.4 Å². The van der Waals surface area contributed by atoms with E-state index in [-0.39, 0.29) is 6.10 Å². The molecule has 0 saturated carbocycles. The van der Waals surface area contributed by atoms with Gasteiger partial charge in [0.2, 0.25) is 0 Å². The monoisotopic (exact) mass is 483 g/mol. The number of nitrogens with zero attached hydrogens (tertiary/aromatic N) is 3. The molecule has 2 atom stereocenters. The van der Waals surface area contributed by atoms with Crippen LogP contribution in [0.3, 0.4) is 0 Å². The van der Waals surface area contributed by atoms with Crippen molar-refractivity contribution in [2.75, 3.05) is 30.3 Å². The smallest absolute Gasteiger partial charge is 0.187 e. The highest BCUT2D eigenvalue weighted by Crippen LogP contribution is 2.36. The van der Waals surface area contributed by atoms with E-state index in [9.17, 15) is 0 Å². The van der Waals surface area contributed by atoms with Crippen LogP contribution in [0, 0.1) is 0 Å². The van der Waals surface area contributed by atoms with Gasteiger partial charge in [0.25, 0.3) is 0 Å². The van der Waals surface area contributed by atoms with E-state index in [1.54, 1.807) is 6.20 Å². The van der Waals surface area contributed by atoms with E-state index >= 15 is 0 Å². The number of thioether (sulfide) groups is 1. The minimum atomic E-state index is -0.653. The van der Waals surface area contributed by atoms with Crippen LogP contribution in [0.1, 0.15) is 24.8 Å². The van der Waals surface area contributed by atoms with Crippen LogP contribution < -0.4 is 4.90 Å². The second-order valence-electron chi connectivity index (χ2n) is 8.80. The Bertz CT molecular complexity index is 1020. The highest BCUT2D eigenvalue weighted by Gasteiger charge is 2.41. The van der Waals surface area contributed by atoms with Crippen molar-refractivity contribution in [3.05, 3.63) is 77.8 Å². The molecule has 0 amide bonds. The summed E-state index contributed by atoms with van der Waals surface area (Å²) in [5.41, 5.74) is 2.58. The van der Waals surface area contributed by atoms with Gasteiger partial charge in [0.05, 0.1) is 31.3 Å². The van der Waals surface area contributed by atoms with Crippen molar-refractivity contribution in [1.82, 2.24) is 9.55 Å². The molecule has 0 bridgehead atoms. The number of para-hydroxylation sites is 1. The van der Waals surface area contributed by atoms with Crippen LogP contribution in [-0.4, -0.2) is 46.9 Å². The second kappa shape index (κ2) is 10.5. The molecule has 5 rings (SSSR count). The molecule has 7 heteroatoms. The van der Waals surface area contributed by atoms with Gasteiger partial charge in [-0.2, -0.15) is 0 Å². The van der Waals surface area contributed by atoms with E-state index in [0.717, 1.165) is 36.7 Å². The highest BCUT2D eigenvalue weighted by atomic mass is 35.5. The number of benzene rings is 2. The molecule has 0 unspecified atom stereocenters. The zero-order chi connectivity index (χ0) is 22.5. The summed E-state index contributed by atoms with van der Waals surface area (Å²) in [5.74, 6) is 0.220. The lowest BCUT2D eigenvalue weighted by Crippen LogP contribution is -2.37. The summed E-state index contributed by atoms with van der Waals surface area (Å²) in [5, 5.41) is 0.756. The zero-order valence-corrected chi connectivity index (χ0v) is 20.3. The van der Waals surface area contributed by atoms with Crippen molar-refractivity contribution in [1.29, 1.82) is 0 Å². The molecule has 1 aromatic heterocycles. The minimum absolute atomic E-state index is 0.0513. The number of hydrogen-bond acceptors (Lipinski definition) is 5. The van der Waals surface area contributed by atoms with Crippen molar-refractivity contribution in [3.8, 4) is 0 Å². The number of anilines is 1. The van der Waals surface area contributed by atoms with Crippen molar-refractivity contribution in [2.24, 2.45) is 0 Å². The third kappa shape index (κ3) is 5.75. The summed E-state index contributed by atoms with van der Waals surface area (Å²) in [4.78, 5) is 8.03. The summed E-state index contributed by atoms with van der Waals surface area (Å²) < 4.78 is 15.0. The fraction of sp³-hybridized carbons (Fsp3) is 0.423. The largest absolute Gasteiger partial charge is 0.371 e. The van der Waals surface area contributed by atoms with Crippen molar-refractivity contribution >= 4 is 29.1 Å². The molecule has 2 aliphatic heterocycles. The Labute approximate surface area is 205 Å². The summed E-state index contributed by atoms with van der Waals surface area (Å²) in [6, 6.07) is 16.8. The molecule has 5 nitrogen and oxygen atoms in total. The standard InChI is InChI=1S/C26H30ClN3O2S/c27-22-9-7-21(8-10-22)11-12-26(19-29-16-13-28-20-29)31-17-23(32-26)18-33-25-6-2-1-5-24(25)30-14-3-4-15-30/h1-2,5-10,13,16,20,23H,3-4,11-12,14-15,17-19H2/t23-,26-/m0/s1. The Hall–Kier alpha value is -1.99. The van der Waals surface area contributed by atoms with Gasteiger partial charge in [-0.05, 0) is 49.1 Å². The fourth-order valence-corrected chi connectivity index (χ4v) is 5.79. The Kier molecular flexibility index (Phi) is 7.26. The molecule has 2 aromatic carbocycles. The maximum atomic E-state index is 6.62. The minimum Gasteiger partial charge on any atom is -0.371 e. The first-order valence-corrected chi connectivity index (χ1v) is 13.0. The maximum Gasteiger partial charge on any atom is 0.187 e. The van der Waals surface area contributed by atoms with Gasteiger partial charge < -0.3 is 18.9 Å². The number of halogens is 1. The topological polar surface area (TPSA) is 39.5 Å². The molecule has 3 heterocycles. The molecule has 2 fully saturated rings. The van der Waals surface area contributed by atoms with Gasteiger partial charge in [-0.25, -0.2) is 4.98 Å². The summed E-state index contributed by atoms with van der Waals surface area (Å²) in [6.45, 7) is 3.54. The van der Waals surface area contributed by atoms with E-state index in [0.29, 0.717) is 13.2 Å². The summed E-state index contributed by atoms with van der Waals surface area (Å²) in [7, 11) is 0. The molecule has 2 aliphatic rings. The second-order valence-corrected chi connectivity index (χ2v) is 10.3. The lowest BCUT2D eigenvalue weighted by molar-refractivity contribution is -0.180. The molecule has 3 aromatic rings. The molecule has 0 aliphatic carbocycles. The number of imidazole rings is 1. The van der Waals surface area contributed by atoms with Gasteiger partial charge in [0.1, 0.15) is 0 Å². The number of aryl methyl sites for hydroxylation is 1. The van der Waals surface area contributed by atoms with E-state index < -0.39 is 5.79 Å². The fourth-order valence-electron chi connectivity index (χ4n) is 4.62. The van der Waals surface area contributed by atoms with E-state index in [4.69, 9.17) is 21.1 Å². The normalized spacial score (nSPS) is 22.8. The van der Waals surface area contributed by atoms with E-state index in [2.05, 4.69) is 46.3 Å². The quantitative estimate of drug-likeness (QED) is 0.366. The van der Waals surface area contributed by atoms with Crippen molar-refractivity contribution < 1.29 is 9.47 Å². The molecule has 174 valence electrons. The number of rotatable bonds is 9.